The Morgan fingerprint density at radius 3 is 2.45 bits per heavy atom. The van der Waals surface area contributed by atoms with Crippen molar-refractivity contribution in [2.75, 3.05) is 13.7 Å². The number of nitrogens with one attached hydrogen (secondary N) is 1. The van der Waals surface area contributed by atoms with E-state index in [1.54, 1.807) is 0 Å². The molecule has 20 heavy (non-hydrogen) atoms. The maximum Gasteiger partial charge on any atom is 0.387 e. The first-order chi connectivity index (χ1) is 9.51. The molecule has 0 atom stereocenters. The average molecular weight is 287 g/mol. The predicted octanol–water partition coefficient (Wildman–Crippen LogP) is 1.51. The number of carbonyl (C=O) groups excluding carboxylic acids is 2. The minimum atomic E-state index is -2.87. The van der Waals surface area contributed by atoms with Crippen molar-refractivity contribution in [1.82, 2.24) is 5.32 Å². The molecule has 0 fully saturated rings. The fourth-order valence-corrected chi connectivity index (χ4v) is 1.44. The smallest absolute Gasteiger partial charge is 0.387 e. The molecule has 0 unspecified atom stereocenters. The molecule has 110 valence electrons. The summed E-state index contributed by atoms with van der Waals surface area (Å²) in [5.74, 6) is -0.634. The zero-order valence-corrected chi connectivity index (χ0v) is 10.9. The molecule has 0 saturated heterocycles. The van der Waals surface area contributed by atoms with Gasteiger partial charge in [-0.15, -0.1) is 0 Å². The summed E-state index contributed by atoms with van der Waals surface area (Å²) in [5, 5.41) is 2.55. The van der Waals surface area contributed by atoms with Crippen LogP contribution < -0.4 is 10.1 Å². The fraction of sp³-hybridized carbons (Fsp3) is 0.385. The Kier molecular flexibility index (Phi) is 6.42. The molecule has 0 aliphatic heterocycles. The van der Waals surface area contributed by atoms with Gasteiger partial charge in [0.05, 0.1) is 20.0 Å². The van der Waals surface area contributed by atoms with Gasteiger partial charge in [-0.1, -0.05) is 12.1 Å². The lowest BCUT2D eigenvalue weighted by Crippen LogP contribution is -2.27. The summed E-state index contributed by atoms with van der Waals surface area (Å²) in [7, 11) is 1.27. The molecule has 1 amide bonds. The molecular formula is C13H15F2NO4. The van der Waals surface area contributed by atoms with Crippen molar-refractivity contribution in [3.8, 4) is 5.75 Å². The van der Waals surface area contributed by atoms with Gasteiger partial charge in [0.1, 0.15) is 5.75 Å². The normalized spacial score (nSPS) is 10.2. The number of carbonyl (C=O) groups is 2. The highest BCUT2D eigenvalue weighted by Gasteiger charge is 2.07. The second-order valence-corrected chi connectivity index (χ2v) is 3.88. The Balaban J connectivity index is 2.36. The molecule has 0 heterocycles. The van der Waals surface area contributed by atoms with E-state index in [0.717, 1.165) is 0 Å². The minimum absolute atomic E-state index is 0.0369. The third-order valence-electron chi connectivity index (χ3n) is 2.39. The summed E-state index contributed by atoms with van der Waals surface area (Å²) in [6, 6.07) is 5.78. The number of hydrogen-bond acceptors (Lipinski definition) is 4. The van der Waals surface area contributed by atoms with Gasteiger partial charge in [-0.05, 0) is 17.7 Å². The monoisotopic (exact) mass is 287 g/mol. The van der Waals surface area contributed by atoms with Crippen molar-refractivity contribution in [1.29, 1.82) is 0 Å². The highest BCUT2D eigenvalue weighted by Crippen LogP contribution is 2.15. The van der Waals surface area contributed by atoms with Crippen LogP contribution in [-0.4, -0.2) is 32.1 Å². The van der Waals surface area contributed by atoms with Gasteiger partial charge in [-0.25, -0.2) is 0 Å². The van der Waals surface area contributed by atoms with Crippen molar-refractivity contribution >= 4 is 11.9 Å². The van der Waals surface area contributed by atoms with Gasteiger partial charge in [0.2, 0.25) is 5.91 Å². The van der Waals surface area contributed by atoms with Crippen LogP contribution >= 0.6 is 0 Å². The van der Waals surface area contributed by atoms with E-state index in [-0.39, 0.29) is 31.0 Å². The van der Waals surface area contributed by atoms with Crippen LogP contribution in [0, 0.1) is 0 Å². The van der Waals surface area contributed by atoms with Crippen LogP contribution in [0.5, 0.6) is 5.75 Å². The molecule has 0 saturated carbocycles. The molecule has 0 aromatic heterocycles. The van der Waals surface area contributed by atoms with Crippen molar-refractivity contribution in [2.45, 2.75) is 19.5 Å². The number of rotatable bonds is 7. The Morgan fingerprint density at radius 2 is 1.90 bits per heavy atom. The Morgan fingerprint density at radius 1 is 1.25 bits per heavy atom. The first-order valence-corrected chi connectivity index (χ1v) is 5.88. The predicted molar refractivity (Wildman–Crippen MR) is 66.4 cm³/mol. The largest absolute Gasteiger partial charge is 0.469 e. The van der Waals surface area contributed by atoms with Crippen molar-refractivity contribution < 1.29 is 27.8 Å². The van der Waals surface area contributed by atoms with E-state index in [4.69, 9.17) is 0 Å². The van der Waals surface area contributed by atoms with E-state index < -0.39 is 12.6 Å². The van der Waals surface area contributed by atoms with E-state index >= 15 is 0 Å². The van der Waals surface area contributed by atoms with Crippen LogP contribution in [0.4, 0.5) is 8.78 Å². The van der Waals surface area contributed by atoms with Crippen LogP contribution in [0.1, 0.15) is 12.0 Å². The highest BCUT2D eigenvalue weighted by atomic mass is 19.3. The van der Waals surface area contributed by atoms with Gasteiger partial charge in [0.15, 0.2) is 0 Å². The van der Waals surface area contributed by atoms with Crippen LogP contribution in [0.2, 0.25) is 0 Å². The van der Waals surface area contributed by atoms with E-state index in [0.29, 0.717) is 5.56 Å². The van der Waals surface area contributed by atoms with Crippen LogP contribution in [0.25, 0.3) is 0 Å². The van der Waals surface area contributed by atoms with Crippen molar-refractivity contribution in [3.05, 3.63) is 29.8 Å². The molecule has 5 nitrogen and oxygen atoms in total. The number of hydrogen-bond donors (Lipinski definition) is 1. The van der Waals surface area contributed by atoms with E-state index in [1.807, 2.05) is 0 Å². The summed E-state index contributed by atoms with van der Waals surface area (Å²) in [6.45, 7) is -2.68. The Labute approximate surface area is 114 Å². The molecule has 0 radical (unpaired) electrons. The standard InChI is InChI=1S/C13H15F2NO4/c1-19-12(18)6-7-16-11(17)8-9-2-4-10(5-3-9)20-13(14)15/h2-5,13H,6-8H2,1H3,(H,16,17). The second-order valence-electron chi connectivity index (χ2n) is 3.88. The van der Waals surface area contributed by atoms with Crippen molar-refractivity contribution in [2.24, 2.45) is 0 Å². The third-order valence-corrected chi connectivity index (χ3v) is 2.39. The molecule has 7 heteroatoms. The van der Waals surface area contributed by atoms with Gasteiger partial charge < -0.3 is 14.8 Å². The maximum atomic E-state index is 11.9. The van der Waals surface area contributed by atoms with Crippen molar-refractivity contribution in [3.63, 3.8) is 0 Å². The van der Waals surface area contributed by atoms with Gasteiger partial charge >= 0.3 is 12.6 Å². The second kappa shape index (κ2) is 8.08. The Hall–Kier alpha value is -2.18. The van der Waals surface area contributed by atoms with E-state index in [2.05, 4.69) is 14.8 Å². The minimum Gasteiger partial charge on any atom is -0.469 e. The SMILES string of the molecule is COC(=O)CCNC(=O)Cc1ccc(OC(F)F)cc1. The van der Waals surface area contributed by atoms with E-state index in [9.17, 15) is 18.4 Å². The molecular weight excluding hydrogens is 272 g/mol. The Bertz CT molecular complexity index is 448. The lowest BCUT2D eigenvalue weighted by molar-refractivity contribution is -0.140. The highest BCUT2D eigenvalue weighted by molar-refractivity contribution is 5.79. The average Bonchev–Trinajstić information content (AvgIpc) is 2.40. The quantitative estimate of drug-likeness (QED) is 0.772. The lowest BCUT2D eigenvalue weighted by atomic mass is 10.1. The number of amides is 1. The first-order valence-electron chi connectivity index (χ1n) is 5.88. The van der Waals surface area contributed by atoms with Crippen LogP contribution in [0.15, 0.2) is 24.3 Å². The van der Waals surface area contributed by atoms with Gasteiger partial charge in [0.25, 0.3) is 0 Å². The number of benzene rings is 1. The number of esters is 1. The number of halogens is 2. The molecule has 1 aromatic carbocycles. The van der Waals surface area contributed by atoms with Gasteiger partial charge in [-0.3, -0.25) is 9.59 Å². The number of alkyl halides is 2. The van der Waals surface area contributed by atoms with Gasteiger partial charge in [0, 0.05) is 6.54 Å². The van der Waals surface area contributed by atoms with E-state index in [1.165, 1.54) is 31.4 Å². The van der Waals surface area contributed by atoms with Crippen LogP contribution in [0.3, 0.4) is 0 Å². The summed E-state index contributed by atoms with van der Waals surface area (Å²) in [6.07, 6.45) is 0.194. The van der Waals surface area contributed by atoms with Gasteiger partial charge in [-0.2, -0.15) is 8.78 Å². The summed E-state index contributed by atoms with van der Waals surface area (Å²) >= 11 is 0. The third kappa shape index (κ3) is 6.12. The zero-order chi connectivity index (χ0) is 15.0. The summed E-state index contributed by atoms with van der Waals surface area (Å²) in [4.78, 5) is 22.4. The summed E-state index contributed by atoms with van der Waals surface area (Å²) < 4.78 is 32.5. The van der Waals surface area contributed by atoms with Crippen LogP contribution in [-0.2, 0) is 20.7 Å². The molecule has 1 N–H and O–H groups in total. The lowest BCUT2D eigenvalue weighted by Gasteiger charge is -2.06. The molecule has 0 spiro atoms. The molecule has 0 aliphatic carbocycles. The summed E-state index contributed by atoms with van der Waals surface area (Å²) in [5.41, 5.74) is 0.655. The number of methoxy groups -OCH3 is 1. The molecule has 0 aliphatic rings. The zero-order valence-electron chi connectivity index (χ0n) is 10.9. The molecule has 1 rings (SSSR count). The first kappa shape index (κ1) is 15.9. The molecule has 0 bridgehead atoms. The fourth-order valence-electron chi connectivity index (χ4n) is 1.44. The number of ether oxygens (including phenoxy) is 2. The topological polar surface area (TPSA) is 64.6 Å². The maximum absolute atomic E-state index is 11.9. The molecule has 1 aromatic rings.